The summed E-state index contributed by atoms with van der Waals surface area (Å²) in [5.74, 6) is 0.815. The van der Waals surface area contributed by atoms with Crippen LogP contribution in [-0.2, 0) is 10.9 Å². The lowest BCUT2D eigenvalue weighted by atomic mass is 10.2. The van der Waals surface area contributed by atoms with Gasteiger partial charge in [0.1, 0.15) is 5.76 Å². The lowest BCUT2D eigenvalue weighted by molar-refractivity contribution is 0.145. The summed E-state index contributed by atoms with van der Waals surface area (Å²) in [6.07, 6.45) is 1.28. The zero-order valence-electron chi connectivity index (χ0n) is 12.0. The lowest BCUT2D eigenvalue weighted by Gasteiger charge is -2.12. The topological polar surface area (TPSA) is 21.3 Å². The Labute approximate surface area is 114 Å². The second kappa shape index (κ2) is 11.3. The molecule has 0 bridgehead atoms. The molecule has 0 saturated heterocycles. The Balaban J connectivity index is 0.00000137. The third kappa shape index (κ3) is 9.21. The number of hydrogen-bond donors (Lipinski definition) is 1. The second-order valence-electron chi connectivity index (χ2n) is 3.90. The van der Waals surface area contributed by atoms with Crippen molar-refractivity contribution < 1.29 is 4.74 Å². The molecule has 0 amide bonds. The summed E-state index contributed by atoms with van der Waals surface area (Å²) in [7, 11) is 0.708. The number of nitrogens with one attached hydrogen (secondary N) is 1. The van der Waals surface area contributed by atoms with Gasteiger partial charge >= 0.3 is 0 Å². The van der Waals surface area contributed by atoms with Crippen molar-refractivity contribution in [1.29, 1.82) is 0 Å². The van der Waals surface area contributed by atoms with Gasteiger partial charge in [0, 0.05) is 6.16 Å². The Hall–Kier alpha value is -0.850. The molecule has 3 heteroatoms. The molecule has 1 rings (SSSR count). The maximum Gasteiger partial charge on any atom is 0.103 e. The number of ether oxygens (including phenoxy) is 1. The first-order valence-corrected chi connectivity index (χ1v) is 7.73. The smallest absolute Gasteiger partial charge is 0.103 e. The molecular weight excluding hydrogens is 241 g/mol. The third-order valence-corrected chi connectivity index (χ3v) is 2.96. The summed E-state index contributed by atoms with van der Waals surface area (Å²) >= 11 is 0. The van der Waals surface area contributed by atoms with Crippen molar-refractivity contribution in [3.05, 3.63) is 48.2 Å². The fourth-order valence-corrected chi connectivity index (χ4v) is 2.18. The Morgan fingerprint density at radius 1 is 1.28 bits per heavy atom. The van der Waals surface area contributed by atoms with E-state index in [0.29, 0.717) is 8.73 Å². The molecular formula is C15H26NOP. The van der Waals surface area contributed by atoms with Gasteiger partial charge in [-0.05, 0) is 28.1 Å². The van der Waals surface area contributed by atoms with Crippen LogP contribution in [0.25, 0.3) is 0 Å². The van der Waals surface area contributed by atoms with Crippen LogP contribution in [0.1, 0.15) is 33.3 Å². The van der Waals surface area contributed by atoms with Crippen LogP contribution in [-0.4, -0.2) is 12.6 Å². The fourth-order valence-electron chi connectivity index (χ4n) is 1.30. The molecule has 0 radical (unpaired) electrons. The maximum atomic E-state index is 5.45. The summed E-state index contributed by atoms with van der Waals surface area (Å²) in [5, 5.41) is 3.34. The highest BCUT2D eigenvalue weighted by Crippen LogP contribution is 2.14. The number of hydrogen-bond acceptors (Lipinski definition) is 2. The summed E-state index contributed by atoms with van der Waals surface area (Å²) in [5.41, 5.74) is 1.36. The quantitative estimate of drug-likeness (QED) is 0.451. The van der Waals surface area contributed by atoms with Crippen molar-refractivity contribution in [2.45, 2.75) is 40.0 Å². The van der Waals surface area contributed by atoms with Gasteiger partial charge in [0.25, 0.3) is 0 Å². The average molecular weight is 267 g/mol. The highest BCUT2D eigenvalue weighted by molar-refractivity contribution is 7.34. The fraction of sp³-hybridized carbons (Fsp3) is 0.467. The molecule has 0 aliphatic heterocycles. The molecule has 0 heterocycles. The average Bonchev–Trinajstić information content (AvgIpc) is 2.37. The first-order chi connectivity index (χ1) is 8.68. The van der Waals surface area contributed by atoms with Gasteiger partial charge in [0.2, 0.25) is 0 Å². The van der Waals surface area contributed by atoms with E-state index in [1.165, 1.54) is 5.56 Å². The van der Waals surface area contributed by atoms with Crippen LogP contribution >= 0.6 is 8.73 Å². The zero-order chi connectivity index (χ0) is 13.8. The van der Waals surface area contributed by atoms with Crippen molar-refractivity contribution in [2.75, 3.05) is 6.54 Å². The third-order valence-electron chi connectivity index (χ3n) is 1.95. The number of benzene rings is 1. The van der Waals surface area contributed by atoms with Crippen LogP contribution in [0.15, 0.2) is 42.7 Å². The minimum atomic E-state index is 0.215. The van der Waals surface area contributed by atoms with Gasteiger partial charge in [-0.3, -0.25) is 5.09 Å². The van der Waals surface area contributed by atoms with Gasteiger partial charge < -0.3 is 4.74 Å². The molecule has 0 aliphatic rings. The molecule has 1 unspecified atom stereocenters. The van der Waals surface area contributed by atoms with Gasteiger partial charge in [0.15, 0.2) is 0 Å². The molecule has 1 aromatic rings. The predicted octanol–water partition coefficient (Wildman–Crippen LogP) is 4.33. The molecule has 0 aliphatic carbocycles. The monoisotopic (exact) mass is 267 g/mol. The van der Waals surface area contributed by atoms with Crippen molar-refractivity contribution in [1.82, 2.24) is 5.09 Å². The lowest BCUT2D eigenvalue weighted by Crippen LogP contribution is -2.12. The van der Waals surface area contributed by atoms with Crippen LogP contribution in [0, 0.1) is 0 Å². The Morgan fingerprint density at radius 2 is 1.89 bits per heavy atom. The van der Waals surface area contributed by atoms with Crippen molar-refractivity contribution in [2.24, 2.45) is 0 Å². The van der Waals surface area contributed by atoms with Crippen molar-refractivity contribution >= 4 is 8.73 Å². The highest BCUT2D eigenvalue weighted by Gasteiger charge is 1.98. The van der Waals surface area contributed by atoms with Gasteiger partial charge in [-0.15, -0.1) is 0 Å². The Bertz CT molecular complexity index is 312. The highest BCUT2D eigenvalue weighted by atomic mass is 31.1. The normalized spacial score (nSPS) is 10.3. The Morgan fingerprint density at radius 3 is 2.44 bits per heavy atom. The van der Waals surface area contributed by atoms with Crippen LogP contribution < -0.4 is 5.09 Å². The van der Waals surface area contributed by atoms with Gasteiger partial charge in [-0.1, -0.05) is 50.8 Å². The van der Waals surface area contributed by atoms with Crippen LogP contribution in [0.2, 0.25) is 0 Å². The molecule has 18 heavy (non-hydrogen) atoms. The van der Waals surface area contributed by atoms with Crippen LogP contribution in [0.5, 0.6) is 0 Å². The van der Waals surface area contributed by atoms with E-state index in [2.05, 4.69) is 35.9 Å². The van der Waals surface area contributed by atoms with Crippen LogP contribution in [0.3, 0.4) is 0 Å². The molecule has 1 atom stereocenters. The van der Waals surface area contributed by atoms with E-state index >= 15 is 0 Å². The van der Waals surface area contributed by atoms with E-state index in [1.807, 2.05) is 33.8 Å². The predicted molar refractivity (Wildman–Crippen MR) is 83.2 cm³/mol. The minimum Gasteiger partial charge on any atom is -0.495 e. The molecule has 0 spiro atoms. The molecule has 1 aromatic carbocycles. The van der Waals surface area contributed by atoms with E-state index in [1.54, 1.807) is 0 Å². The summed E-state index contributed by atoms with van der Waals surface area (Å²) in [6, 6.07) is 10.5. The summed E-state index contributed by atoms with van der Waals surface area (Å²) < 4.78 is 5.45. The SMILES string of the molecule is C=C(CNPCc1ccccc1)OC(C)C.CC. The van der Waals surface area contributed by atoms with E-state index < -0.39 is 0 Å². The molecule has 0 aromatic heterocycles. The van der Waals surface area contributed by atoms with E-state index in [-0.39, 0.29) is 6.10 Å². The van der Waals surface area contributed by atoms with E-state index in [9.17, 15) is 0 Å². The zero-order valence-corrected chi connectivity index (χ0v) is 13.0. The largest absolute Gasteiger partial charge is 0.495 e. The van der Waals surface area contributed by atoms with Crippen molar-refractivity contribution in [3.8, 4) is 0 Å². The molecule has 2 nitrogen and oxygen atoms in total. The van der Waals surface area contributed by atoms with E-state index in [4.69, 9.17) is 4.74 Å². The molecule has 102 valence electrons. The van der Waals surface area contributed by atoms with E-state index in [0.717, 1.165) is 18.5 Å². The summed E-state index contributed by atoms with van der Waals surface area (Å²) in [4.78, 5) is 0. The van der Waals surface area contributed by atoms with Gasteiger partial charge in [-0.2, -0.15) is 0 Å². The van der Waals surface area contributed by atoms with Crippen LogP contribution in [0.4, 0.5) is 0 Å². The van der Waals surface area contributed by atoms with Crippen molar-refractivity contribution in [3.63, 3.8) is 0 Å². The first kappa shape index (κ1) is 17.2. The number of rotatable bonds is 7. The molecule has 1 N–H and O–H groups in total. The standard InChI is InChI=1S/C13H20NOP.C2H6/c1-11(2)15-12(3)9-14-16-10-13-7-5-4-6-8-13;1-2/h4-8,11,14,16H,3,9-10H2,1-2H3;1-2H3. The second-order valence-corrected chi connectivity index (χ2v) is 4.96. The molecule has 0 fully saturated rings. The maximum absolute atomic E-state index is 5.45. The van der Waals surface area contributed by atoms with Gasteiger partial charge in [0.05, 0.1) is 12.6 Å². The summed E-state index contributed by atoms with van der Waals surface area (Å²) in [6.45, 7) is 12.6. The first-order valence-electron chi connectivity index (χ1n) is 6.52. The van der Waals surface area contributed by atoms with Gasteiger partial charge in [-0.25, -0.2) is 0 Å². The Kier molecular flexibility index (Phi) is 10.7. The minimum absolute atomic E-state index is 0.215. The molecule has 0 saturated carbocycles.